The summed E-state index contributed by atoms with van der Waals surface area (Å²) in [5.74, 6) is 1.70. The van der Waals surface area contributed by atoms with E-state index in [1.807, 2.05) is 18.3 Å². The summed E-state index contributed by atoms with van der Waals surface area (Å²) in [7, 11) is 0. The lowest BCUT2D eigenvalue weighted by Gasteiger charge is -2.41. The zero-order chi connectivity index (χ0) is 32.3. The molecule has 46 heavy (non-hydrogen) atoms. The van der Waals surface area contributed by atoms with Crippen molar-refractivity contribution in [3.05, 3.63) is 59.4 Å². The first-order chi connectivity index (χ1) is 22.1. The molecule has 5 heterocycles. The van der Waals surface area contributed by atoms with Gasteiger partial charge in [-0.25, -0.2) is 9.97 Å². The number of likely N-dealkylation sites (tertiary alicyclic amines) is 2. The Morgan fingerprint density at radius 2 is 1.76 bits per heavy atom. The highest BCUT2D eigenvalue weighted by Crippen LogP contribution is 2.33. The highest BCUT2D eigenvalue weighted by atomic mass is 32.2. The molecule has 10 nitrogen and oxygen atoms in total. The quantitative estimate of drug-likeness (QED) is 0.224. The molecular weight excluding hydrogens is 621 g/mol. The largest absolute Gasteiger partial charge is 0.444 e. The normalized spacial score (nSPS) is 21.0. The average molecular weight is 665 g/mol. The molecule has 1 unspecified atom stereocenters. The Bertz CT molecular complexity index is 1510. The van der Waals surface area contributed by atoms with Crippen LogP contribution in [0.25, 0.3) is 0 Å². The molecule has 3 saturated heterocycles. The Morgan fingerprint density at radius 1 is 1.02 bits per heavy atom. The lowest BCUT2D eigenvalue weighted by Crippen LogP contribution is -2.48. The zero-order valence-electron chi connectivity index (χ0n) is 26.9. The van der Waals surface area contributed by atoms with Crippen molar-refractivity contribution in [1.82, 2.24) is 25.1 Å². The molecule has 6 rings (SSSR count). The van der Waals surface area contributed by atoms with Gasteiger partial charge in [-0.2, -0.15) is 0 Å². The molecular formula is C34H44N6O4S2. The monoisotopic (exact) mass is 664 g/mol. The van der Waals surface area contributed by atoms with E-state index < -0.39 is 0 Å². The number of hydrogen-bond acceptors (Lipinski definition) is 10. The van der Waals surface area contributed by atoms with Gasteiger partial charge in [-0.15, -0.1) is 11.8 Å². The highest BCUT2D eigenvalue weighted by Gasteiger charge is 2.32. The second-order valence-electron chi connectivity index (χ2n) is 13.7. The summed E-state index contributed by atoms with van der Waals surface area (Å²) in [4.78, 5) is 50.6. The number of aromatic nitrogens is 2. The van der Waals surface area contributed by atoms with E-state index >= 15 is 0 Å². The molecule has 2 N–H and O–H groups in total. The number of nitrogens with zero attached hydrogens (tertiary/aromatic N) is 4. The van der Waals surface area contributed by atoms with E-state index in [1.54, 1.807) is 18.0 Å². The van der Waals surface area contributed by atoms with E-state index in [1.165, 1.54) is 16.9 Å². The van der Waals surface area contributed by atoms with Gasteiger partial charge in [-0.1, -0.05) is 56.4 Å². The number of piperidine rings is 3. The predicted molar refractivity (Wildman–Crippen MR) is 180 cm³/mol. The van der Waals surface area contributed by atoms with Crippen molar-refractivity contribution in [2.75, 3.05) is 31.5 Å². The van der Waals surface area contributed by atoms with Gasteiger partial charge in [0.15, 0.2) is 5.13 Å². The Morgan fingerprint density at radius 3 is 2.43 bits per heavy atom. The first kappa shape index (κ1) is 32.9. The number of amides is 3. The summed E-state index contributed by atoms with van der Waals surface area (Å²) in [5.41, 5.74) is 2.16. The van der Waals surface area contributed by atoms with Gasteiger partial charge in [0, 0.05) is 30.3 Å². The number of rotatable bonds is 9. The van der Waals surface area contributed by atoms with Gasteiger partial charge in [0.1, 0.15) is 5.76 Å². The third-order valence-electron chi connectivity index (χ3n) is 9.35. The minimum Gasteiger partial charge on any atom is -0.444 e. The fourth-order valence-corrected chi connectivity index (χ4v) is 8.27. The number of imide groups is 1. The molecule has 0 saturated carbocycles. The minimum absolute atomic E-state index is 0.0163. The van der Waals surface area contributed by atoms with Crippen molar-refractivity contribution in [3.8, 4) is 0 Å². The summed E-state index contributed by atoms with van der Waals surface area (Å²) in [5, 5.41) is 6.16. The smallest absolute Gasteiger partial charge is 0.234 e. The molecule has 3 fully saturated rings. The predicted octanol–water partition coefficient (Wildman–Crippen LogP) is 5.56. The van der Waals surface area contributed by atoms with Crippen molar-refractivity contribution in [3.63, 3.8) is 0 Å². The van der Waals surface area contributed by atoms with Crippen LogP contribution in [0, 0.1) is 5.92 Å². The van der Waals surface area contributed by atoms with E-state index in [0.717, 1.165) is 73.9 Å². The van der Waals surface area contributed by atoms with Gasteiger partial charge in [0.05, 0.1) is 28.3 Å². The number of thiazole rings is 1. The van der Waals surface area contributed by atoms with Crippen LogP contribution in [-0.4, -0.2) is 69.7 Å². The van der Waals surface area contributed by atoms with Gasteiger partial charge >= 0.3 is 0 Å². The molecule has 1 atom stereocenters. The zero-order valence-corrected chi connectivity index (χ0v) is 28.6. The van der Waals surface area contributed by atoms with E-state index in [2.05, 4.69) is 63.3 Å². The standard InChI is InChI=1S/C34H44N6O4S2/c1-34(2,3)27-18-35-29(44-27)21-45-30-19-36-33(46-30)38-31(42)24-10-16-40(17-11-24)25-12-14-39(15-13-25)20-22-4-6-23(7-5-22)26-8-9-28(41)37-32(26)43/h4-7,18-19,24-26H,8-17,20-21H2,1-3H3,(H,36,38,42)(H,37,41,43). The molecule has 12 heteroatoms. The van der Waals surface area contributed by atoms with Crippen LogP contribution < -0.4 is 10.6 Å². The van der Waals surface area contributed by atoms with Gasteiger partial charge in [-0.05, 0) is 69.4 Å². The molecule has 3 aromatic rings. The lowest BCUT2D eigenvalue weighted by molar-refractivity contribution is -0.134. The molecule has 1 aromatic carbocycles. The number of thioether (sulfide) groups is 1. The average Bonchev–Trinajstić information content (AvgIpc) is 3.71. The first-order valence-corrected chi connectivity index (χ1v) is 18.1. The van der Waals surface area contributed by atoms with Crippen LogP contribution in [0.5, 0.6) is 0 Å². The van der Waals surface area contributed by atoms with Crippen LogP contribution in [0.4, 0.5) is 5.13 Å². The van der Waals surface area contributed by atoms with Crippen LogP contribution in [-0.2, 0) is 32.1 Å². The van der Waals surface area contributed by atoms with Gasteiger partial charge in [-0.3, -0.25) is 24.6 Å². The topological polar surface area (TPSA) is 121 Å². The molecule has 2 aromatic heterocycles. The highest BCUT2D eigenvalue weighted by molar-refractivity contribution is 8.00. The molecule has 0 spiro atoms. The molecule has 0 bridgehead atoms. The maximum atomic E-state index is 13.1. The Hall–Kier alpha value is -3.06. The molecule has 246 valence electrons. The van der Waals surface area contributed by atoms with E-state index in [4.69, 9.17) is 4.42 Å². The summed E-state index contributed by atoms with van der Waals surface area (Å²) in [6.07, 6.45) is 8.61. The third-order valence-corrected chi connectivity index (χ3v) is 11.4. The molecule has 3 aliphatic rings. The number of carbonyl (C=O) groups is 3. The SMILES string of the molecule is CC(C)(C)c1cnc(CSc2cnc(NC(=O)C3CCN(C4CCN(Cc5ccc(C6CCC(=O)NC6=O)cc5)CC4)CC3)s2)o1. The maximum absolute atomic E-state index is 13.1. The lowest BCUT2D eigenvalue weighted by atomic mass is 9.90. The van der Waals surface area contributed by atoms with Crippen LogP contribution in [0.15, 0.2) is 45.3 Å². The van der Waals surface area contributed by atoms with E-state index in [0.29, 0.717) is 35.7 Å². The van der Waals surface area contributed by atoms with Gasteiger partial charge in [0.2, 0.25) is 23.6 Å². The summed E-state index contributed by atoms with van der Waals surface area (Å²) >= 11 is 3.12. The van der Waals surface area contributed by atoms with Gasteiger partial charge < -0.3 is 14.6 Å². The summed E-state index contributed by atoms with van der Waals surface area (Å²) < 4.78 is 6.91. The fraction of sp³-hybridized carbons (Fsp3) is 0.559. The number of hydrogen-bond donors (Lipinski definition) is 2. The number of nitrogens with one attached hydrogen (secondary N) is 2. The minimum atomic E-state index is -0.235. The van der Waals surface area contributed by atoms with Crippen molar-refractivity contribution in [1.29, 1.82) is 0 Å². The van der Waals surface area contributed by atoms with Crippen molar-refractivity contribution < 1.29 is 18.8 Å². The summed E-state index contributed by atoms with van der Waals surface area (Å²) in [6, 6.07) is 8.88. The van der Waals surface area contributed by atoms with Crippen LogP contribution >= 0.6 is 23.1 Å². The van der Waals surface area contributed by atoms with Crippen molar-refractivity contribution in [2.45, 2.75) is 93.2 Å². The number of benzene rings is 1. The van der Waals surface area contributed by atoms with Crippen LogP contribution in [0.3, 0.4) is 0 Å². The fourth-order valence-electron chi connectivity index (χ4n) is 6.54. The molecule has 0 radical (unpaired) electrons. The molecule has 3 amide bonds. The number of anilines is 1. The third kappa shape index (κ3) is 8.26. The van der Waals surface area contributed by atoms with Crippen molar-refractivity contribution in [2.24, 2.45) is 5.92 Å². The van der Waals surface area contributed by atoms with Crippen LogP contribution in [0.1, 0.15) is 88.0 Å². The number of carbonyl (C=O) groups excluding carboxylic acids is 3. The van der Waals surface area contributed by atoms with Gasteiger partial charge in [0.25, 0.3) is 0 Å². The van der Waals surface area contributed by atoms with E-state index in [-0.39, 0.29) is 35.0 Å². The second kappa shape index (κ2) is 14.4. The molecule has 0 aliphatic carbocycles. The maximum Gasteiger partial charge on any atom is 0.234 e. The van der Waals surface area contributed by atoms with Crippen molar-refractivity contribution >= 4 is 46.0 Å². The van der Waals surface area contributed by atoms with Crippen LogP contribution in [0.2, 0.25) is 0 Å². The second-order valence-corrected chi connectivity index (χ2v) is 16.0. The van der Waals surface area contributed by atoms with E-state index in [9.17, 15) is 14.4 Å². The Kier molecular flexibility index (Phi) is 10.3. The summed E-state index contributed by atoms with van der Waals surface area (Å²) in [6.45, 7) is 11.2. The first-order valence-electron chi connectivity index (χ1n) is 16.3. The Labute approximate surface area is 279 Å². The number of oxazole rings is 1. The molecule has 3 aliphatic heterocycles. The Balaban J connectivity index is 0.893.